The summed E-state index contributed by atoms with van der Waals surface area (Å²) in [5, 5.41) is 3.34. The van der Waals surface area contributed by atoms with Crippen LogP contribution in [0.4, 0.5) is 0 Å². The van der Waals surface area contributed by atoms with Crippen molar-refractivity contribution < 1.29 is 18.7 Å². The molecule has 0 aliphatic carbocycles. The number of furan rings is 1. The normalized spacial score (nSPS) is 12.7. The van der Waals surface area contributed by atoms with Crippen molar-refractivity contribution in [2.45, 2.75) is 69.4 Å². The van der Waals surface area contributed by atoms with Gasteiger partial charge >= 0.3 is 5.97 Å². The number of carbonyl (C=O) groups is 2. The van der Waals surface area contributed by atoms with E-state index < -0.39 is 17.9 Å². The van der Waals surface area contributed by atoms with Crippen LogP contribution in [0.3, 0.4) is 0 Å². The summed E-state index contributed by atoms with van der Waals surface area (Å²) in [4.78, 5) is 25.6. The first-order valence-corrected chi connectivity index (χ1v) is 10.6. The Labute approximate surface area is 177 Å². The number of nitrogens with one attached hydrogen (secondary N) is 1. The molecule has 0 fully saturated rings. The smallest absolute Gasteiger partial charge is 0.328 e. The minimum atomic E-state index is -0.695. The van der Waals surface area contributed by atoms with E-state index in [1.165, 1.54) is 24.4 Å². The van der Waals surface area contributed by atoms with E-state index in [2.05, 4.69) is 51.2 Å². The van der Waals surface area contributed by atoms with Crippen molar-refractivity contribution >= 4 is 23.6 Å². The third-order valence-corrected chi connectivity index (χ3v) is 5.65. The highest BCUT2D eigenvalue weighted by Crippen LogP contribution is 2.35. The average molecular weight is 418 g/mol. The molecule has 0 saturated carbocycles. The molecule has 1 N–H and O–H groups in total. The third-order valence-electron chi connectivity index (χ3n) is 4.57. The minimum absolute atomic E-state index is 0.0521. The van der Waals surface area contributed by atoms with E-state index in [-0.39, 0.29) is 17.1 Å². The molecule has 0 spiro atoms. The van der Waals surface area contributed by atoms with Crippen LogP contribution in [-0.2, 0) is 14.9 Å². The minimum Gasteiger partial charge on any atom is -0.467 e. The van der Waals surface area contributed by atoms with Crippen LogP contribution in [0.25, 0.3) is 0 Å². The maximum atomic E-state index is 12.6. The number of hydrogen-bond donors (Lipinski definition) is 1. The van der Waals surface area contributed by atoms with Crippen LogP contribution in [0.5, 0.6) is 0 Å². The van der Waals surface area contributed by atoms with Gasteiger partial charge in [0.1, 0.15) is 6.04 Å². The summed E-state index contributed by atoms with van der Waals surface area (Å²) >= 11 is 1.48. The second-order valence-corrected chi connectivity index (χ2v) is 9.68. The number of amides is 1. The summed E-state index contributed by atoms with van der Waals surface area (Å²) in [6, 6.07) is 9.12. The molecule has 0 saturated heterocycles. The van der Waals surface area contributed by atoms with Crippen LogP contribution in [0.2, 0.25) is 0 Å². The summed E-state index contributed by atoms with van der Waals surface area (Å²) in [6.07, 6.45) is 0.500. The van der Waals surface area contributed by atoms with Crippen molar-refractivity contribution in [3.63, 3.8) is 0 Å². The lowest BCUT2D eigenvalue weighted by atomic mass is 9.87. The molecule has 2 rings (SSSR count). The molecule has 5 nitrogen and oxygen atoms in total. The van der Waals surface area contributed by atoms with Gasteiger partial charge in [0.15, 0.2) is 10.9 Å². The van der Waals surface area contributed by atoms with E-state index in [0.717, 1.165) is 10.5 Å². The quantitative estimate of drug-likeness (QED) is 0.615. The van der Waals surface area contributed by atoms with E-state index >= 15 is 0 Å². The highest BCUT2D eigenvalue weighted by molar-refractivity contribution is 7.99. The second kappa shape index (κ2) is 9.53. The largest absolute Gasteiger partial charge is 0.467 e. The topological polar surface area (TPSA) is 68.5 Å². The van der Waals surface area contributed by atoms with Crippen LogP contribution in [0, 0.1) is 12.8 Å². The monoisotopic (exact) mass is 417 g/mol. The van der Waals surface area contributed by atoms with Gasteiger partial charge in [0.25, 0.3) is 5.91 Å². The van der Waals surface area contributed by atoms with Crippen molar-refractivity contribution in [1.29, 1.82) is 0 Å². The van der Waals surface area contributed by atoms with Crippen LogP contribution in [-0.4, -0.2) is 25.0 Å². The van der Waals surface area contributed by atoms with Gasteiger partial charge in [-0.3, -0.25) is 4.79 Å². The zero-order chi connectivity index (χ0) is 21.8. The van der Waals surface area contributed by atoms with Gasteiger partial charge in [-0.15, -0.1) is 0 Å². The molecule has 1 unspecified atom stereocenters. The van der Waals surface area contributed by atoms with Crippen molar-refractivity contribution in [2.75, 3.05) is 7.11 Å². The van der Waals surface area contributed by atoms with Gasteiger partial charge in [-0.05, 0) is 54.0 Å². The fourth-order valence-electron chi connectivity index (χ4n) is 2.84. The highest BCUT2D eigenvalue weighted by atomic mass is 32.2. The number of carbonyl (C=O) groups excluding carboxylic acids is 2. The lowest BCUT2D eigenvalue weighted by Gasteiger charge is -2.20. The Morgan fingerprint density at radius 2 is 1.86 bits per heavy atom. The molecular formula is C23H31NO4S. The third kappa shape index (κ3) is 6.39. The SMILES string of the molecule is COC(=O)C(CC(C)C)NC(=O)c1ccc(Sc2cc(C(C)(C)C)ccc2C)o1. The summed E-state index contributed by atoms with van der Waals surface area (Å²) in [5.41, 5.74) is 2.44. The Hall–Kier alpha value is -2.21. The number of aryl methyl sites for hydroxylation is 1. The summed E-state index contributed by atoms with van der Waals surface area (Å²) in [7, 11) is 1.32. The van der Waals surface area contributed by atoms with Crippen molar-refractivity contribution in [3.8, 4) is 0 Å². The van der Waals surface area contributed by atoms with Crippen LogP contribution in [0.1, 0.15) is 62.7 Å². The second-order valence-electron chi connectivity index (χ2n) is 8.63. The predicted octanol–water partition coefficient (Wildman–Crippen LogP) is 5.35. The van der Waals surface area contributed by atoms with E-state index in [9.17, 15) is 9.59 Å². The van der Waals surface area contributed by atoms with E-state index in [1.54, 1.807) is 12.1 Å². The molecule has 1 aromatic carbocycles. The molecular weight excluding hydrogens is 386 g/mol. The van der Waals surface area contributed by atoms with Crippen molar-refractivity contribution in [1.82, 2.24) is 5.32 Å². The van der Waals surface area contributed by atoms with E-state index in [1.807, 2.05) is 13.8 Å². The molecule has 2 aromatic rings. The lowest BCUT2D eigenvalue weighted by molar-refractivity contribution is -0.143. The Morgan fingerprint density at radius 3 is 2.45 bits per heavy atom. The number of hydrogen-bond acceptors (Lipinski definition) is 5. The summed E-state index contributed by atoms with van der Waals surface area (Å²) < 4.78 is 10.5. The van der Waals surface area contributed by atoms with Gasteiger partial charge in [-0.25, -0.2) is 4.79 Å². The molecule has 1 atom stereocenters. The number of rotatable bonds is 7. The Kier molecular flexibility index (Phi) is 7.58. The zero-order valence-electron chi connectivity index (χ0n) is 18.3. The number of benzene rings is 1. The van der Waals surface area contributed by atoms with Gasteiger partial charge < -0.3 is 14.5 Å². The zero-order valence-corrected chi connectivity index (χ0v) is 19.1. The maximum Gasteiger partial charge on any atom is 0.328 e. The molecule has 0 aliphatic rings. The average Bonchev–Trinajstić information content (AvgIpc) is 3.09. The van der Waals surface area contributed by atoms with Gasteiger partial charge in [0.2, 0.25) is 0 Å². The number of esters is 1. The van der Waals surface area contributed by atoms with Crippen molar-refractivity contribution in [3.05, 3.63) is 47.2 Å². The Balaban J connectivity index is 2.14. The molecule has 0 radical (unpaired) electrons. The fraction of sp³-hybridized carbons (Fsp3) is 0.478. The summed E-state index contributed by atoms with van der Waals surface area (Å²) in [6.45, 7) is 12.6. The molecule has 0 bridgehead atoms. The first-order valence-electron chi connectivity index (χ1n) is 9.78. The molecule has 158 valence electrons. The lowest BCUT2D eigenvalue weighted by Crippen LogP contribution is -2.42. The number of methoxy groups -OCH3 is 1. The first-order chi connectivity index (χ1) is 13.5. The Morgan fingerprint density at radius 1 is 1.17 bits per heavy atom. The standard InChI is InChI=1S/C23H31NO4S/c1-14(2)12-17(22(26)27-7)24-21(25)18-10-11-20(28-18)29-19-13-16(23(4,5)6)9-8-15(19)3/h8-11,13-14,17H,12H2,1-7H3,(H,24,25). The van der Waals surface area contributed by atoms with Gasteiger partial charge in [-0.1, -0.05) is 58.5 Å². The van der Waals surface area contributed by atoms with Crippen LogP contribution < -0.4 is 5.32 Å². The van der Waals surface area contributed by atoms with Crippen LogP contribution >= 0.6 is 11.8 Å². The Bertz CT molecular complexity index is 864. The van der Waals surface area contributed by atoms with Crippen molar-refractivity contribution in [2.24, 2.45) is 5.92 Å². The molecule has 1 heterocycles. The van der Waals surface area contributed by atoms with Gasteiger partial charge in [0.05, 0.1) is 7.11 Å². The van der Waals surface area contributed by atoms with Gasteiger partial charge in [-0.2, -0.15) is 0 Å². The predicted molar refractivity (Wildman–Crippen MR) is 115 cm³/mol. The maximum absolute atomic E-state index is 12.6. The number of ether oxygens (including phenoxy) is 1. The van der Waals surface area contributed by atoms with Crippen LogP contribution in [0.15, 0.2) is 44.7 Å². The molecule has 29 heavy (non-hydrogen) atoms. The van der Waals surface area contributed by atoms with Gasteiger partial charge in [0, 0.05) is 4.90 Å². The molecule has 1 amide bonds. The van der Waals surface area contributed by atoms with E-state index in [0.29, 0.717) is 11.5 Å². The molecule has 1 aromatic heterocycles. The molecule has 6 heteroatoms. The molecule has 0 aliphatic heterocycles. The highest BCUT2D eigenvalue weighted by Gasteiger charge is 2.24. The summed E-state index contributed by atoms with van der Waals surface area (Å²) in [5.74, 6) is -0.467. The fourth-order valence-corrected chi connectivity index (χ4v) is 3.74. The van der Waals surface area contributed by atoms with E-state index in [4.69, 9.17) is 9.15 Å². The first kappa shape index (κ1) is 23.1.